The summed E-state index contributed by atoms with van der Waals surface area (Å²) in [7, 11) is -4.33. The van der Waals surface area contributed by atoms with Crippen LogP contribution in [0, 0.1) is 17.2 Å². The standard InChI is InChI=1S/C36H49N6O9P/c1-6-24(7-2)19-45-34(43)23(3)41-52(44,51-27-15-13-26(14-16-27)47-25-11-9-8-10-12-25)46-20-29-31-32(50-35(4,5)49-31)36(21-37,48-29)30-18-17-28-33(38)39-22-40-42(28)30/h13-18,22-25,29,31-32H,6-12,19-20H2,1-5H3,(H,41,44)(H2,38,39,40)/t23-,29+,31+,32+,36-,52?/m0/s1. The summed E-state index contributed by atoms with van der Waals surface area (Å²) in [6, 6.07) is 11.4. The molecule has 1 unspecified atom stereocenters. The first-order chi connectivity index (χ1) is 24.9. The molecule has 52 heavy (non-hydrogen) atoms. The van der Waals surface area contributed by atoms with Crippen LogP contribution in [0.25, 0.3) is 5.52 Å². The minimum absolute atomic E-state index is 0.153. The zero-order valence-electron chi connectivity index (χ0n) is 30.4. The minimum atomic E-state index is -4.33. The van der Waals surface area contributed by atoms with E-state index in [1.54, 1.807) is 50.2 Å². The number of esters is 1. The summed E-state index contributed by atoms with van der Waals surface area (Å²) in [6.45, 7) is 8.92. The van der Waals surface area contributed by atoms with Gasteiger partial charge in [0.15, 0.2) is 11.6 Å². The lowest BCUT2D eigenvalue weighted by Crippen LogP contribution is -2.40. The Kier molecular flexibility index (Phi) is 11.5. The third-order valence-electron chi connectivity index (χ3n) is 9.90. The number of nitrogens with one attached hydrogen (secondary N) is 1. The van der Waals surface area contributed by atoms with Crippen LogP contribution in [-0.2, 0) is 38.4 Å². The number of nitriles is 1. The lowest BCUT2D eigenvalue weighted by molar-refractivity contribution is -0.204. The van der Waals surface area contributed by atoms with Crippen LogP contribution in [-0.4, -0.2) is 70.0 Å². The Morgan fingerprint density at radius 1 is 1.10 bits per heavy atom. The number of rotatable bonds is 15. The second-order valence-electron chi connectivity index (χ2n) is 14.1. The van der Waals surface area contributed by atoms with Crippen molar-refractivity contribution in [1.82, 2.24) is 19.7 Å². The van der Waals surface area contributed by atoms with Gasteiger partial charge in [0.05, 0.1) is 25.0 Å². The summed E-state index contributed by atoms with van der Waals surface area (Å²) < 4.78 is 58.8. The molecule has 0 bridgehead atoms. The highest BCUT2D eigenvalue weighted by atomic mass is 31.2. The number of aromatic nitrogens is 3. The first-order valence-electron chi connectivity index (χ1n) is 18.1. The molecule has 6 atom stereocenters. The van der Waals surface area contributed by atoms with Crippen LogP contribution in [0.5, 0.6) is 11.5 Å². The second-order valence-corrected chi connectivity index (χ2v) is 15.8. The first kappa shape index (κ1) is 38.0. The molecule has 4 heterocycles. The fourth-order valence-electron chi connectivity index (χ4n) is 6.96. The third kappa shape index (κ3) is 8.07. The molecule has 15 nitrogen and oxygen atoms in total. The molecule has 1 aromatic carbocycles. The molecule has 0 amide bonds. The van der Waals surface area contributed by atoms with E-state index in [0.29, 0.717) is 17.0 Å². The molecule has 1 aliphatic carbocycles. The summed E-state index contributed by atoms with van der Waals surface area (Å²) in [5.41, 5.74) is 5.19. The fourth-order valence-corrected chi connectivity index (χ4v) is 8.46. The zero-order chi connectivity index (χ0) is 37.1. The van der Waals surface area contributed by atoms with Gasteiger partial charge in [0.1, 0.15) is 53.8 Å². The highest BCUT2D eigenvalue weighted by Crippen LogP contribution is 2.51. The van der Waals surface area contributed by atoms with Gasteiger partial charge in [-0.15, -0.1) is 0 Å². The smallest absolute Gasteiger partial charge is 0.459 e. The van der Waals surface area contributed by atoms with Gasteiger partial charge in [0, 0.05) is 0 Å². The van der Waals surface area contributed by atoms with Crippen LogP contribution in [0.15, 0.2) is 42.7 Å². The van der Waals surface area contributed by atoms with Gasteiger partial charge in [0.25, 0.3) is 0 Å². The van der Waals surface area contributed by atoms with E-state index in [1.165, 1.54) is 24.2 Å². The van der Waals surface area contributed by atoms with Gasteiger partial charge in [-0.25, -0.2) is 14.1 Å². The Morgan fingerprint density at radius 2 is 1.81 bits per heavy atom. The van der Waals surface area contributed by atoms with Gasteiger partial charge >= 0.3 is 13.7 Å². The van der Waals surface area contributed by atoms with E-state index < -0.39 is 49.5 Å². The maximum Gasteiger partial charge on any atom is 0.459 e. The van der Waals surface area contributed by atoms with Crippen LogP contribution in [0.2, 0.25) is 0 Å². The Morgan fingerprint density at radius 3 is 2.50 bits per heavy atom. The van der Waals surface area contributed by atoms with Gasteiger partial charge in [-0.05, 0) is 88.8 Å². The maximum absolute atomic E-state index is 14.6. The Balaban J connectivity index is 1.24. The van der Waals surface area contributed by atoms with E-state index in [2.05, 4.69) is 21.2 Å². The largest absolute Gasteiger partial charge is 0.490 e. The molecule has 2 aliphatic heterocycles. The van der Waals surface area contributed by atoms with Gasteiger partial charge in [-0.1, -0.05) is 33.1 Å². The quantitative estimate of drug-likeness (QED) is 0.140. The number of hydrogen-bond donors (Lipinski definition) is 2. The van der Waals surface area contributed by atoms with E-state index in [1.807, 2.05) is 13.8 Å². The summed E-state index contributed by atoms with van der Waals surface area (Å²) in [5.74, 6) is -0.376. The number of nitrogens with zero attached hydrogens (tertiary/aromatic N) is 4. The van der Waals surface area contributed by atoms with Crippen molar-refractivity contribution in [3.8, 4) is 17.6 Å². The van der Waals surface area contributed by atoms with Crippen LogP contribution in [0.4, 0.5) is 5.82 Å². The molecular weight excluding hydrogens is 691 g/mol. The van der Waals surface area contributed by atoms with Gasteiger partial charge < -0.3 is 33.9 Å². The minimum Gasteiger partial charge on any atom is -0.490 e. The Bertz CT molecular complexity index is 1790. The molecule has 0 radical (unpaired) electrons. The number of anilines is 1. The fraction of sp³-hybridized carbons (Fsp3) is 0.611. The number of carbonyl (C=O) groups excluding carboxylic acids is 1. The van der Waals surface area contributed by atoms with Crippen LogP contribution < -0.4 is 20.1 Å². The molecule has 3 aliphatic rings. The van der Waals surface area contributed by atoms with Crippen molar-refractivity contribution in [2.75, 3.05) is 18.9 Å². The van der Waals surface area contributed by atoms with Crippen molar-refractivity contribution in [1.29, 1.82) is 5.26 Å². The van der Waals surface area contributed by atoms with Crippen LogP contribution in [0.3, 0.4) is 0 Å². The monoisotopic (exact) mass is 740 g/mol. The van der Waals surface area contributed by atoms with Gasteiger partial charge in [-0.2, -0.15) is 15.4 Å². The lowest BCUT2D eigenvalue weighted by Gasteiger charge is -2.29. The van der Waals surface area contributed by atoms with Crippen molar-refractivity contribution in [2.45, 2.75) is 121 Å². The van der Waals surface area contributed by atoms with E-state index in [-0.39, 0.29) is 36.8 Å². The van der Waals surface area contributed by atoms with Crippen molar-refractivity contribution < 1.29 is 42.1 Å². The van der Waals surface area contributed by atoms with Crippen molar-refractivity contribution in [3.05, 3.63) is 48.4 Å². The molecule has 16 heteroatoms. The molecule has 2 saturated heterocycles. The SMILES string of the molecule is CCC(CC)COC(=O)[C@H](C)NP(=O)(OC[C@H]1O[C@@](C#N)(c2ccc3c(N)ncnn23)[C@@H]2OC(C)(C)O[C@@H]21)Oc1ccc(OC2CCCCC2)cc1. The van der Waals surface area contributed by atoms with Crippen molar-refractivity contribution in [3.63, 3.8) is 0 Å². The van der Waals surface area contributed by atoms with Gasteiger partial charge in [-0.3, -0.25) is 9.32 Å². The predicted octanol–water partition coefficient (Wildman–Crippen LogP) is 5.82. The number of hydrogen-bond acceptors (Lipinski definition) is 13. The Hall–Kier alpha value is -3.77. The molecule has 282 valence electrons. The number of benzene rings is 1. The number of carbonyl (C=O) groups is 1. The average molecular weight is 741 g/mol. The lowest BCUT2D eigenvalue weighted by atomic mass is 9.92. The number of nitrogens with two attached hydrogens (primary N) is 1. The summed E-state index contributed by atoms with van der Waals surface area (Å²) in [4.78, 5) is 17.1. The van der Waals surface area contributed by atoms with Gasteiger partial charge in [0.2, 0.25) is 5.60 Å². The van der Waals surface area contributed by atoms with E-state index in [9.17, 15) is 14.6 Å². The van der Waals surface area contributed by atoms with E-state index >= 15 is 0 Å². The maximum atomic E-state index is 14.6. The summed E-state index contributed by atoms with van der Waals surface area (Å²) in [6.07, 6.45) is 5.91. The summed E-state index contributed by atoms with van der Waals surface area (Å²) >= 11 is 0. The second kappa shape index (κ2) is 15.7. The third-order valence-corrected chi connectivity index (χ3v) is 11.5. The number of nitrogen functional groups attached to an aromatic ring is 1. The highest BCUT2D eigenvalue weighted by molar-refractivity contribution is 7.52. The molecule has 6 rings (SSSR count). The van der Waals surface area contributed by atoms with Crippen LogP contribution in [0.1, 0.15) is 85.3 Å². The number of fused-ring (bicyclic) bond motifs is 2. The molecular formula is C36H49N6O9P. The highest BCUT2D eigenvalue weighted by Gasteiger charge is 2.65. The van der Waals surface area contributed by atoms with Crippen molar-refractivity contribution >= 4 is 25.1 Å². The topological polar surface area (TPSA) is 191 Å². The number of ether oxygens (including phenoxy) is 5. The summed E-state index contributed by atoms with van der Waals surface area (Å²) in [5, 5.41) is 17.8. The molecule has 0 spiro atoms. The zero-order valence-corrected chi connectivity index (χ0v) is 31.3. The first-order valence-corrected chi connectivity index (χ1v) is 19.6. The normalized spacial score (nSPS) is 26.1. The Labute approximate surface area is 304 Å². The molecule has 1 saturated carbocycles. The average Bonchev–Trinajstić information content (AvgIpc) is 3.80. The van der Waals surface area contributed by atoms with Crippen molar-refractivity contribution in [2.24, 2.45) is 5.92 Å². The molecule has 3 N–H and O–H groups in total. The van der Waals surface area contributed by atoms with E-state index in [4.69, 9.17) is 38.5 Å². The van der Waals surface area contributed by atoms with E-state index in [0.717, 1.165) is 38.5 Å². The molecule has 2 aromatic heterocycles. The van der Waals surface area contributed by atoms with Crippen LogP contribution >= 0.6 is 7.75 Å². The molecule has 3 fully saturated rings. The predicted molar refractivity (Wildman–Crippen MR) is 189 cm³/mol. The molecule has 3 aromatic rings.